The maximum atomic E-state index is 12.3. The minimum Gasteiger partial charge on any atom is -0.346 e. The molecular formula is C18H22N2O3. The van der Waals surface area contributed by atoms with Crippen LogP contribution in [0.3, 0.4) is 0 Å². The Morgan fingerprint density at radius 1 is 1.13 bits per heavy atom. The first-order valence-electron chi connectivity index (χ1n) is 8.28. The molecule has 5 heteroatoms. The Kier molecular flexibility index (Phi) is 4.74. The van der Waals surface area contributed by atoms with Gasteiger partial charge in [0.1, 0.15) is 0 Å². The van der Waals surface area contributed by atoms with Crippen molar-refractivity contribution in [1.29, 1.82) is 0 Å². The Hall–Kier alpha value is -2.17. The second-order valence-corrected chi connectivity index (χ2v) is 6.37. The van der Waals surface area contributed by atoms with Crippen molar-refractivity contribution in [3.05, 3.63) is 35.9 Å². The first-order valence-corrected chi connectivity index (χ1v) is 8.28. The quantitative estimate of drug-likeness (QED) is 0.859. The lowest BCUT2D eigenvalue weighted by molar-refractivity contribution is -0.132. The number of carbonyl (C=O) groups excluding carboxylic acids is 3. The molecule has 0 saturated carbocycles. The maximum Gasteiger partial charge on any atom is 0.228 e. The standard InChI is InChI=1S/C18H22N2O3/c21-16-12-17(22)19-15(16)6-7-18(23)20-10-8-14(9-11-20)13-4-2-1-3-5-13/h1-5,14-15H,6-12H2,(H,19,22). The number of ketones is 1. The summed E-state index contributed by atoms with van der Waals surface area (Å²) in [5, 5.41) is 2.63. The number of benzene rings is 1. The van der Waals surface area contributed by atoms with E-state index < -0.39 is 6.04 Å². The van der Waals surface area contributed by atoms with Crippen LogP contribution in [0, 0.1) is 0 Å². The van der Waals surface area contributed by atoms with Gasteiger partial charge in [-0.15, -0.1) is 0 Å². The lowest BCUT2D eigenvalue weighted by atomic mass is 9.89. The van der Waals surface area contributed by atoms with Gasteiger partial charge in [-0.25, -0.2) is 0 Å². The van der Waals surface area contributed by atoms with E-state index >= 15 is 0 Å². The largest absolute Gasteiger partial charge is 0.346 e. The topological polar surface area (TPSA) is 66.5 Å². The van der Waals surface area contributed by atoms with Crippen molar-refractivity contribution in [2.24, 2.45) is 0 Å². The van der Waals surface area contributed by atoms with E-state index in [0.29, 0.717) is 18.8 Å². The van der Waals surface area contributed by atoms with Crippen LogP contribution in [0.2, 0.25) is 0 Å². The molecule has 2 aliphatic heterocycles. The van der Waals surface area contributed by atoms with Gasteiger partial charge in [-0.1, -0.05) is 30.3 Å². The van der Waals surface area contributed by atoms with Crippen LogP contribution in [0.4, 0.5) is 0 Å². The number of piperidine rings is 1. The fraction of sp³-hybridized carbons (Fsp3) is 0.500. The molecule has 2 aliphatic rings. The van der Waals surface area contributed by atoms with Crippen molar-refractivity contribution in [2.75, 3.05) is 13.1 Å². The lowest BCUT2D eigenvalue weighted by Crippen LogP contribution is -2.39. The summed E-state index contributed by atoms with van der Waals surface area (Å²) >= 11 is 0. The molecule has 3 rings (SSSR count). The minimum absolute atomic E-state index is 0.0404. The van der Waals surface area contributed by atoms with E-state index in [1.54, 1.807) is 0 Å². The molecule has 1 atom stereocenters. The summed E-state index contributed by atoms with van der Waals surface area (Å²) in [6.07, 6.45) is 2.67. The molecular weight excluding hydrogens is 292 g/mol. The molecule has 5 nitrogen and oxygen atoms in total. The third kappa shape index (κ3) is 3.78. The molecule has 0 aliphatic carbocycles. The van der Waals surface area contributed by atoms with Crippen molar-refractivity contribution >= 4 is 17.6 Å². The third-order valence-corrected chi connectivity index (χ3v) is 4.82. The second-order valence-electron chi connectivity index (χ2n) is 6.37. The third-order valence-electron chi connectivity index (χ3n) is 4.82. The van der Waals surface area contributed by atoms with Gasteiger partial charge >= 0.3 is 0 Å². The molecule has 0 radical (unpaired) electrons. The molecule has 1 unspecified atom stereocenters. The molecule has 2 saturated heterocycles. The number of hydrogen-bond acceptors (Lipinski definition) is 3. The van der Waals surface area contributed by atoms with E-state index in [2.05, 4.69) is 29.6 Å². The molecule has 0 spiro atoms. The zero-order valence-electron chi connectivity index (χ0n) is 13.2. The van der Waals surface area contributed by atoms with Crippen LogP contribution in [-0.4, -0.2) is 41.6 Å². The van der Waals surface area contributed by atoms with Gasteiger partial charge < -0.3 is 10.2 Å². The average molecular weight is 314 g/mol. The Morgan fingerprint density at radius 2 is 1.83 bits per heavy atom. The van der Waals surface area contributed by atoms with Crippen LogP contribution in [0.5, 0.6) is 0 Å². The van der Waals surface area contributed by atoms with Crippen molar-refractivity contribution in [3.8, 4) is 0 Å². The van der Waals surface area contributed by atoms with Crippen LogP contribution >= 0.6 is 0 Å². The molecule has 1 aromatic rings. The molecule has 2 heterocycles. The van der Waals surface area contributed by atoms with E-state index in [-0.39, 0.29) is 24.0 Å². The zero-order chi connectivity index (χ0) is 16.2. The lowest BCUT2D eigenvalue weighted by Gasteiger charge is -2.32. The highest BCUT2D eigenvalue weighted by Crippen LogP contribution is 2.28. The Labute approximate surface area is 136 Å². The maximum absolute atomic E-state index is 12.3. The van der Waals surface area contributed by atoms with Gasteiger partial charge in [-0.05, 0) is 30.7 Å². The molecule has 0 aromatic heterocycles. The predicted octanol–water partition coefficient (Wildman–Crippen LogP) is 1.63. The number of hydrogen-bond donors (Lipinski definition) is 1. The normalized spacial score (nSPS) is 22.3. The van der Waals surface area contributed by atoms with Crippen LogP contribution in [0.15, 0.2) is 30.3 Å². The molecule has 122 valence electrons. The molecule has 1 N–H and O–H groups in total. The minimum atomic E-state index is -0.465. The number of nitrogens with one attached hydrogen (secondary N) is 1. The monoisotopic (exact) mass is 314 g/mol. The molecule has 0 bridgehead atoms. The molecule has 2 amide bonds. The number of likely N-dealkylation sites (tertiary alicyclic amines) is 1. The summed E-state index contributed by atoms with van der Waals surface area (Å²) in [5.41, 5.74) is 1.35. The SMILES string of the molecule is O=C1CC(=O)C(CCC(=O)N2CCC(c3ccccc3)CC2)N1. The Bertz CT molecular complexity index is 592. The van der Waals surface area contributed by atoms with Gasteiger partial charge in [-0.2, -0.15) is 0 Å². The number of rotatable bonds is 4. The number of Topliss-reactive ketones (excluding diaryl/α,β-unsaturated/α-hetero) is 1. The highest BCUT2D eigenvalue weighted by atomic mass is 16.2. The van der Waals surface area contributed by atoms with Gasteiger partial charge in [0.25, 0.3) is 0 Å². The Balaban J connectivity index is 1.45. The summed E-state index contributed by atoms with van der Waals surface area (Å²) in [7, 11) is 0. The van der Waals surface area contributed by atoms with E-state index in [4.69, 9.17) is 0 Å². The number of amides is 2. The van der Waals surface area contributed by atoms with Crippen LogP contribution in [0.25, 0.3) is 0 Å². The first-order chi connectivity index (χ1) is 11.1. The summed E-state index contributed by atoms with van der Waals surface area (Å²) in [6, 6.07) is 9.96. The summed E-state index contributed by atoms with van der Waals surface area (Å²) < 4.78 is 0. The number of nitrogens with zero attached hydrogens (tertiary/aromatic N) is 1. The predicted molar refractivity (Wildman–Crippen MR) is 85.8 cm³/mol. The average Bonchev–Trinajstić information content (AvgIpc) is 2.91. The van der Waals surface area contributed by atoms with Gasteiger partial charge in [0, 0.05) is 19.5 Å². The second kappa shape index (κ2) is 6.94. The van der Waals surface area contributed by atoms with Crippen molar-refractivity contribution in [2.45, 2.75) is 44.1 Å². The molecule has 23 heavy (non-hydrogen) atoms. The fourth-order valence-corrected chi connectivity index (χ4v) is 3.45. The fourth-order valence-electron chi connectivity index (χ4n) is 3.45. The van der Waals surface area contributed by atoms with Crippen molar-refractivity contribution in [1.82, 2.24) is 10.2 Å². The molecule has 2 fully saturated rings. The summed E-state index contributed by atoms with van der Waals surface area (Å²) in [6.45, 7) is 1.53. The Morgan fingerprint density at radius 3 is 2.43 bits per heavy atom. The van der Waals surface area contributed by atoms with E-state index in [1.165, 1.54) is 5.56 Å². The smallest absolute Gasteiger partial charge is 0.228 e. The van der Waals surface area contributed by atoms with Crippen LogP contribution in [0.1, 0.15) is 43.6 Å². The van der Waals surface area contributed by atoms with Gasteiger partial charge in [0.2, 0.25) is 11.8 Å². The summed E-state index contributed by atoms with van der Waals surface area (Å²) in [4.78, 5) is 36.9. The van der Waals surface area contributed by atoms with Crippen molar-refractivity contribution in [3.63, 3.8) is 0 Å². The zero-order valence-corrected chi connectivity index (χ0v) is 13.2. The van der Waals surface area contributed by atoms with E-state index in [0.717, 1.165) is 25.9 Å². The highest BCUT2D eigenvalue weighted by molar-refractivity contribution is 6.07. The van der Waals surface area contributed by atoms with E-state index in [1.807, 2.05) is 11.0 Å². The van der Waals surface area contributed by atoms with Crippen LogP contribution in [-0.2, 0) is 14.4 Å². The van der Waals surface area contributed by atoms with Gasteiger partial charge in [0.05, 0.1) is 12.5 Å². The van der Waals surface area contributed by atoms with Crippen LogP contribution < -0.4 is 5.32 Å². The first kappa shape index (κ1) is 15.7. The van der Waals surface area contributed by atoms with Crippen molar-refractivity contribution < 1.29 is 14.4 Å². The van der Waals surface area contributed by atoms with E-state index in [9.17, 15) is 14.4 Å². The van der Waals surface area contributed by atoms with Gasteiger partial charge in [0.15, 0.2) is 5.78 Å². The summed E-state index contributed by atoms with van der Waals surface area (Å²) in [5.74, 6) is 0.295. The van der Waals surface area contributed by atoms with Gasteiger partial charge in [-0.3, -0.25) is 14.4 Å². The highest BCUT2D eigenvalue weighted by Gasteiger charge is 2.31. The molecule has 1 aromatic carbocycles. The number of carbonyl (C=O) groups is 3.